The van der Waals surface area contributed by atoms with Crippen molar-refractivity contribution in [2.45, 2.75) is 32.3 Å². The van der Waals surface area contributed by atoms with E-state index >= 15 is 0 Å². The Labute approximate surface area is 77.2 Å². The fourth-order valence-corrected chi connectivity index (χ4v) is 0.574. The van der Waals surface area contributed by atoms with Crippen LogP contribution in [0.15, 0.2) is 12.2 Å². The van der Waals surface area contributed by atoms with Crippen molar-refractivity contribution in [3.63, 3.8) is 0 Å². The maximum Gasteiger partial charge on any atom is 0.263 e. The van der Waals surface area contributed by atoms with Crippen molar-refractivity contribution in [1.82, 2.24) is 0 Å². The zero-order chi connectivity index (χ0) is 10.5. The SMILES string of the molecule is CC(F)(F)C=CCOC(C)(C)CO. The lowest BCUT2D eigenvalue weighted by Crippen LogP contribution is -2.29. The van der Waals surface area contributed by atoms with Gasteiger partial charge in [0.25, 0.3) is 5.92 Å². The summed E-state index contributed by atoms with van der Waals surface area (Å²) in [6, 6.07) is 0. The molecule has 13 heavy (non-hydrogen) atoms. The number of hydrogen-bond acceptors (Lipinski definition) is 2. The monoisotopic (exact) mass is 194 g/mol. The minimum atomic E-state index is -2.80. The van der Waals surface area contributed by atoms with E-state index in [1.807, 2.05) is 0 Å². The molecule has 0 unspecified atom stereocenters. The van der Waals surface area contributed by atoms with Crippen molar-refractivity contribution in [1.29, 1.82) is 0 Å². The molecule has 0 saturated carbocycles. The number of allylic oxidation sites excluding steroid dienone is 1. The molecule has 0 aromatic rings. The van der Waals surface area contributed by atoms with E-state index in [2.05, 4.69) is 0 Å². The summed E-state index contributed by atoms with van der Waals surface area (Å²) < 4.78 is 29.6. The van der Waals surface area contributed by atoms with E-state index in [1.165, 1.54) is 6.08 Å². The van der Waals surface area contributed by atoms with Crippen molar-refractivity contribution >= 4 is 0 Å². The van der Waals surface area contributed by atoms with Gasteiger partial charge in [0.15, 0.2) is 0 Å². The average molecular weight is 194 g/mol. The Bertz CT molecular complexity index is 171. The summed E-state index contributed by atoms with van der Waals surface area (Å²) in [6.45, 7) is 4.12. The van der Waals surface area contributed by atoms with Gasteiger partial charge >= 0.3 is 0 Å². The van der Waals surface area contributed by atoms with E-state index in [0.717, 1.165) is 13.0 Å². The summed E-state index contributed by atoms with van der Waals surface area (Å²) in [4.78, 5) is 0. The molecular weight excluding hydrogens is 178 g/mol. The Morgan fingerprint density at radius 1 is 1.31 bits per heavy atom. The number of aliphatic hydroxyl groups is 1. The van der Waals surface area contributed by atoms with Gasteiger partial charge in [0.2, 0.25) is 0 Å². The smallest absolute Gasteiger partial charge is 0.263 e. The molecule has 4 heteroatoms. The molecule has 0 amide bonds. The van der Waals surface area contributed by atoms with E-state index < -0.39 is 11.5 Å². The van der Waals surface area contributed by atoms with Gasteiger partial charge in [-0.25, -0.2) is 8.78 Å². The first-order valence-corrected chi connectivity index (χ1v) is 4.07. The van der Waals surface area contributed by atoms with Crippen LogP contribution in [0.3, 0.4) is 0 Å². The lowest BCUT2D eigenvalue weighted by molar-refractivity contribution is -0.0412. The Hall–Kier alpha value is -0.480. The number of halogens is 2. The highest BCUT2D eigenvalue weighted by atomic mass is 19.3. The van der Waals surface area contributed by atoms with Crippen molar-refractivity contribution in [2.75, 3.05) is 13.2 Å². The second kappa shape index (κ2) is 4.67. The Balaban J connectivity index is 3.74. The number of ether oxygens (including phenoxy) is 1. The minimum absolute atomic E-state index is 0.0803. The Morgan fingerprint density at radius 3 is 2.23 bits per heavy atom. The molecule has 0 saturated heterocycles. The summed E-state index contributed by atoms with van der Waals surface area (Å²) in [5.74, 6) is -2.80. The van der Waals surface area contributed by atoms with Crippen LogP contribution in [0.25, 0.3) is 0 Å². The van der Waals surface area contributed by atoms with Gasteiger partial charge in [0.05, 0.1) is 18.8 Å². The van der Waals surface area contributed by atoms with Crippen LogP contribution < -0.4 is 0 Å². The summed E-state index contributed by atoms with van der Waals surface area (Å²) >= 11 is 0. The summed E-state index contributed by atoms with van der Waals surface area (Å²) in [7, 11) is 0. The summed E-state index contributed by atoms with van der Waals surface area (Å²) in [5.41, 5.74) is -0.673. The van der Waals surface area contributed by atoms with Crippen molar-refractivity contribution in [2.24, 2.45) is 0 Å². The number of hydrogen-bond donors (Lipinski definition) is 1. The van der Waals surface area contributed by atoms with Crippen LogP contribution in [-0.4, -0.2) is 29.8 Å². The lowest BCUT2D eigenvalue weighted by Gasteiger charge is -2.21. The predicted molar refractivity (Wildman–Crippen MR) is 46.9 cm³/mol. The van der Waals surface area contributed by atoms with E-state index in [-0.39, 0.29) is 13.2 Å². The van der Waals surface area contributed by atoms with E-state index in [1.54, 1.807) is 13.8 Å². The largest absolute Gasteiger partial charge is 0.393 e. The molecule has 1 N–H and O–H groups in total. The second-order valence-electron chi connectivity index (χ2n) is 3.59. The van der Waals surface area contributed by atoms with Crippen LogP contribution in [0.5, 0.6) is 0 Å². The fraction of sp³-hybridized carbons (Fsp3) is 0.778. The lowest BCUT2D eigenvalue weighted by atomic mass is 10.1. The van der Waals surface area contributed by atoms with Crippen LogP contribution in [0.2, 0.25) is 0 Å². The molecule has 0 aromatic heterocycles. The van der Waals surface area contributed by atoms with Crippen molar-refractivity contribution in [3.05, 3.63) is 12.2 Å². The van der Waals surface area contributed by atoms with Gasteiger partial charge < -0.3 is 9.84 Å². The van der Waals surface area contributed by atoms with E-state index in [0.29, 0.717) is 0 Å². The molecule has 0 aliphatic carbocycles. The Kier molecular flexibility index (Phi) is 4.50. The maximum absolute atomic E-state index is 12.2. The highest BCUT2D eigenvalue weighted by molar-refractivity contribution is 4.92. The molecule has 0 radical (unpaired) electrons. The van der Waals surface area contributed by atoms with Crippen LogP contribution in [-0.2, 0) is 4.74 Å². The topological polar surface area (TPSA) is 29.5 Å². The number of rotatable bonds is 5. The average Bonchev–Trinajstić information content (AvgIpc) is 1.97. The molecular formula is C9H16F2O2. The van der Waals surface area contributed by atoms with Crippen LogP contribution in [0.1, 0.15) is 20.8 Å². The molecule has 0 aliphatic heterocycles. The van der Waals surface area contributed by atoms with Crippen LogP contribution >= 0.6 is 0 Å². The first-order valence-electron chi connectivity index (χ1n) is 4.07. The molecule has 78 valence electrons. The number of aliphatic hydroxyl groups excluding tert-OH is 1. The molecule has 0 aliphatic rings. The zero-order valence-electron chi connectivity index (χ0n) is 8.18. The third kappa shape index (κ3) is 7.87. The van der Waals surface area contributed by atoms with Crippen molar-refractivity contribution in [3.8, 4) is 0 Å². The van der Waals surface area contributed by atoms with E-state index in [4.69, 9.17) is 9.84 Å². The maximum atomic E-state index is 12.2. The van der Waals surface area contributed by atoms with E-state index in [9.17, 15) is 8.78 Å². The number of alkyl halides is 2. The molecule has 0 aromatic carbocycles. The third-order valence-electron chi connectivity index (χ3n) is 1.36. The quantitative estimate of drug-likeness (QED) is 0.678. The normalized spacial score (nSPS) is 14.0. The third-order valence-corrected chi connectivity index (χ3v) is 1.36. The molecule has 0 rings (SSSR count). The molecule has 0 fully saturated rings. The molecule has 0 atom stereocenters. The minimum Gasteiger partial charge on any atom is -0.393 e. The molecule has 0 bridgehead atoms. The van der Waals surface area contributed by atoms with Gasteiger partial charge in [-0.05, 0) is 19.9 Å². The van der Waals surface area contributed by atoms with Gasteiger partial charge in [0.1, 0.15) is 0 Å². The second-order valence-corrected chi connectivity index (χ2v) is 3.59. The van der Waals surface area contributed by atoms with Gasteiger partial charge in [-0.15, -0.1) is 0 Å². The predicted octanol–water partition coefficient (Wildman–Crippen LogP) is 1.99. The van der Waals surface area contributed by atoms with Crippen molar-refractivity contribution < 1.29 is 18.6 Å². The Morgan fingerprint density at radius 2 is 1.85 bits per heavy atom. The standard InChI is InChI=1S/C9H16F2O2/c1-8(2,7-12)13-6-4-5-9(3,10)11/h4-5,12H,6-7H2,1-3H3. The highest BCUT2D eigenvalue weighted by Crippen LogP contribution is 2.13. The van der Waals surface area contributed by atoms with Gasteiger partial charge in [-0.2, -0.15) is 0 Å². The van der Waals surface area contributed by atoms with Gasteiger partial charge in [-0.3, -0.25) is 0 Å². The first kappa shape index (κ1) is 12.5. The summed E-state index contributed by atoms with van der Waals surface area (Å²) in [6.07, 6.45) is 2.03. The highest BCUT2D eigenvalue weighted by Gasteiger charge is 2.17. The van der Waals surface area contributed by atoms with Gasteiger partial charge in [0, 0.05) is 6.92 Å². The molecule has 0 spiro atoms. The zero-order valence-corrected chi connectivity index (χ0v) is 8.18. The summed E-state index contributed by atoms with van der Waals surface area (Å²) in [5, 5.41) is 8.76. The fourth-order valence-electron chi connectivity index (χ4n) is 0.574. The van der Waals surface area contributed by atoms with Crippen LogP contribution in [0.4, 0.5) is 8.78 Å². The van der Waals surface area contributed by atoms with Crippen LogP contribution in [0, 0.1) is 0 Å². The molecule has 0 heterocycles. The van der Waals surface area contributed by atoms with Gasteiger partial charge in [-0.1, -0.05) is 6.08 Å². The first-order chi connectivity index (χ1) is 5.77. The molecule has 2 nitrogen and oxygen atoms in total.